The Labute approximate surface area is 206 Å². The molecule has 1 saturated heterocycles. The molecule has 0 spiro atoms. The Morgan fingerprint density at radius 2 is 1.85 bits per heavy atom. The predicted octanol–water partition coefficient (Wildman–Crippen LogP) is 4.55. The number of ether oxygens (including phenoxy) is 2. The lowest BCUT2D eigenvalue weighted by molar-refractivity contribution is -0.121. The van der Waals surface area contributed by atoms with Crippen LogP contribution in [0.3, 0.4) is 0 Å². The van der Waals surface area contributed by atoms with Crippen LogP contribution in [0.2, 0.25) is 0 Å². The fraction of sp³-hybridized carbons (Fsp3) is 0.360. The monoisotopic (exact) mass is 495 g/mol. The molecule has 5 heterocycles. The van der Waals surface area contributed by atoms with Crippen LogP contribution in [0.5, 0.6) is 11.5 Å². The van der Waals surface area contributed by atoms with Gasteiger partial charge in [0.1, 0.15) is 5.00 Å². The summed E-state index contributed by atoms with van der Waals surface area (Å²) in [6, 6.07) is 9.41. The number of piperidine rings is 1. The molecule has 2 amide bonds. The summed E-state index contributed by atoms with van der Waals surface area (Å²) in [6.45, 7) is 1.38. The number of carbonyl (C=O) groups excluding carboxylic acids is 2. The van der Waals surface area contributed by atoms with Crippen LogP contribution in [0.4, 0.5) is 5.69 Å². The van der Waals surface area contributed by atoms with E-state index in [0.29, 0.717) is 43.1 Å². The van der Waals surface area contributed by atoms with Crippen LogP contribution in [0, 0.1) is 5.92 Å². The molecule has 176 valence electrons. The summed E-state index contributed by atoms with van der Waals surface area (Å²) >= 11 is 3.67. The molecule has 3 aliphatic heterocycles. The second kappa shape index (κ2) is 9.03. The van der Waals surface area contributed by atoms with E-state index in [-0.39, 0.29) is 24.5 Å². The zero-order chi connectivity index (χ0) is 23.1. The van der Waals surface area contributed by atoms with Crippen molar-refractivity contribution in [1.82, 2.24) is 9.47 Å². The van der Waals surface area contributed by atoms with Gasteiger partial charge >= 0.3 is 0 Å². The average molecular weight is 496 g/mol. The van der Waals surface area contributed by atoms with Gasteiger partial charge in [-0.15, -0.1) is 11.3 Å². The van der Waals surface area contributed by atoms with E-state index in [1.165, 1.54) is 10.4 Å². The van der Waals surface area contributed by atoms with Crippen molar-refractivity contribution in [3.63, 3.8) is 0 Å². The van der Waals surface area contributed by atoms with E-state index in [1.807, 2.05) is 53.3 Å². The molecule has 0 saturated carbocycles. The van der Waals surface area contributed by atoms with Crippen molar-refractivity contribution < 1.29 is 19.1 Å². The van der Waals surface area contributed by atoms with Crippen molar-refractivity contribution in [2.75, 3.05) is 31.0 Å². The molecule has 2 aromatic heterocycles. The Balaban J connectivity index is 1.14. The second-order valence-electron chi connectivity index (χ2n) is 8.70. The first-order valence-electron chi connectivity index (χ1n) is 11.5. The highest BCUT2D eigenvalue weighted by atomic mass is 32.2. The number of nitrogens with one attached hydrogen (secondary N) is 1. The van der Waals surface area contributed by atoms with Gasteiger partial charge in [0.15, 0.2) is 11.5 Å². The number of anilines is 1. The Kier molecular flexibility index (Phi) is 5.74. The summed E-state index contributed by atoms with van der Waals surface area (Å²) in [4.78, 5) is 29.8. The first-order valence-corrected chi connectivity index (χ1v) is 13.5. The van der Waals surface area contributed by atoms with E-state index >= 15 is 0 Å². The quantitative estimate of drug-likeness (QED) is 0.575. The molecular weight excluding hydrogens is 470 g/mol. The van der Waals surface area contributed by atoms with Gasteiger partial charge < -0.3 is 24.3 Å². The van der Waals surface area contributed by atoms with Crippen LogP contribution >= 0.6 is 23.1 Å². The smallest absolute Gasteiger partial charge is 0.257 e. The Morgan fingerprint density at radius 1 is 1.06 bits per heavy atom. The highest BCUT2D eigenvalue weighted by Crippen LogP contribution is 2.39. The lowest BCUT2D eigenvalue weighted by Gasteiger charge is -2.32. The topological polar surface area (TPSA) is 72.8 Å². The van der Waals surface area contributed by atoms with Gasteiger partial charge in [-0.1, -0.05) is 0 Å². The highest BCUT2D eigenvalue weighted by molar-refractivity contribution is 7.98. The Bertz CT molecular complexity index is 1230. The second-order valence-corrected chi connectivity index (χ2v) is 10.9. The van der Waals surface area contributed by atoms with Crippen molar-refractivity contribution >= 4 is 40.6 Å². The number of likely N-dealkylation sites (tertiary alicyclic amines) is 1. The Morgan fingerprint density at radius 3 is 2.68 bits per heavy atom. The van der Waals surface area contributed by atoms with Gasteiger partial charge in [-0.25, -0.2) is 0 Å². The maximum atomic E-state index is 13.7. The molecule has 1 N–H and O–H groups in total. The minimum absolute atomic E-state index is 0.0102. The van der Waals surface area contributed by atoms with Gasteiger partial charge in [-0.2, -0.15) is 11.8 Å². The normalized spacial score (nSPS) is 17.5. The summed E-state index contributed by atoms with van der Waals surface area (Å²) in [7, 11) is 0. The number of thioether (sulfide) groups is 1. The van der Waals surface area contributed by atoms with Crippen LogP contribution in [-0.2, 0) is 17.0 Å². The van der Waals surface area contributed by atoms with Gasteiger partial charge in [0.2, 0.25) is 12.7 Å². The molecule has 0 bridgehead atoms. The van der Waals surface area contributed by atoms with Gasteiger partial charge in [-0.05, 0) is 54.8 Å². The van der Waals surface area contributed by atoms with Crippen LogP contribution in [0.25, 0.3) is 5.00 Å². The van der Waals surface area contributed by atoms with Crippen LogP contribution in [0.1, 0.15) is 33.6 Å². The summed E-state index contributed by atoms with van der Waals surface area (Å²) in [5.41, 5.74) is 2.78. The van der Waals surface area contributed by atoms with Crippen molar-refractivity contribution in [2.45, 2.75) is 25.0 Å². The number of nitrogens with zero attached hydrogens (tertiary/aromatic N) is 2. The minimum Gasteiger partial charge on any atom is -0.454 e. The molecule has 3 aromatic rings. The van der Waals surface area contributed by atoms with Gasteiger partial charge in [0.05, 0.1) is 5.56 Å². The molecule has 34 heavy (non-hydrogen) atoms. The van der Waals surface area contributed by atoms with E-state index in [0.717, 1.165) is 28.5 Å². The number of rotatable bonds is 4. The first-order chi connectivity index (χ1) is 16.7. The molecule has 9 heteroatoms. The molecule has 0 radical (unpaired) electrons. The maximum absolute atomic E-state index is 13.7. The fourth-order valence-corrected chi connectivity index (χ4v) is 7.25. The van der Waals surface area contributed by atoms with Crippen molar-refractivity contribution in [3.8, 4) is 16.5 Å². The molecule has 0 atom stereocenters. The molecule has 0 unspecified atom stereocenters. The number of carbonyl (C=O) groups is 2. The van der Waals surface area contributed by atoms with Gasteiger partial charge in [0, 0.05) is 53.8 Å². The Hall–Kier alpha value is -2.91. The van der Waals surface area contributed by atoms with Crippen LogP contribution in [0.15, 0.2) is 42.7 Å². The molecule has 6 rings (SSSR count). The lowest BCUT2D eigenvalue weighted by atomic mass is 9.95. The van der Waals surface area contributed by atoms with E-state index in [1.54, 1.807) is 17.4 Å². The molecule has 1 fully saturated rings. The summed E-state index contributed by atoms with van der Waals surface area (Å²) in [6.07, 6.45) is 6.27. The fourth-order valence-electron chi connectivity index (χ4n) is 4.81. The maximum Gasteiger partial charge on any atom is 0.257 e. The van der Waals surface area contributed by atoms with Crippen molar-refractivity contribution in [3.05, 3.63) is 58.7 Å². The van der Waals surface area contributed by atoms with Crippen molar-refractivity contribution in [1.29, 1.82) is 0 Å². The van der Waals surface area contributed by atoms with Crippen LogP contribution in [-0.4, -0.2) is 46.9 Å². The molecule has 0 aliphatic carbocycles. The summed E-state index contributed by atoms with van der Waals surface area (Å²) < 4.78 is 12.8. The highest BCUT2D eigenvalue weighted by Gasteiger charge is 2.33. The number of fused-ring (bicyclic) bond motifs is 2. The molecule has 7 nitrogen and oxygen atoms in total. The largest absolute Gasteiger partial charge is 0.454 e. The van der Waals surface area contributed by atoms with E-state index < -0.39 is 0 Å². The van der Waals surface area contributed by atoms with E-state index in [9.17, 15) is 9.59 Å². The third kappa shape index (κ3) is 3.96. The number of thiophene rings is 1. The SMILES string of the molecule is O=C(Nc1ccc2c(c1)OCO2)C1CCN(C(=O)c2c(-n3cccc3)sc3c2CCSC3)CC1. The van der Waals surface area contributed by atoms with E-state index in [4.69, 9.17) is 9.47 Å². The summed E-state index contributed by atoms with van der Waals surface area (Å²) in [5.74, 6) is 3.34. The number of hydrogen-bond acceptors (Lipinski definition) is 6. The third-order valence-corrected chi connectivity index (χ3v) is 9.06. The lowest BCUT2D eigenvalue weighted by Crippen LogP contribution is -2.42. The number of aromatic nitrogens is 1. The third-order valence-electron chi connectivity index (χ3n) is 6.65. The van der Waals surface area contributed by atoms with Gasteiger partial charge in [0.25, 0.3) is 5.91 Å². The minimum atomic E-state index is -0.119. The molecule has 3 aliphatic rings. The average Bonchev–Trinajstić information content (AvgIpc) is 3.62. The van der Waals surface area contributed by atoms with Crippen LogP contribution < -0.4 is 14.8 Å². The standard InChI is InChI=1S/C25H25N3O4S2/c29-23(26-17-3-4-19-20(13-17)32-15-31-19)16-5-10-27(11-6-16)24(30)22-18-7-12-33-14-21(18)34-25(22)28-8-1-2-9-28/h1-4,8-9,13,16H,5-7,10-12,14-15H2,(H,26,29). The predicted molar refractivity (Wildman–Crippen MR) is 133 cm³/mol. The zero-order valence-electron chi connectivity index (χ0n) is 18.6. The summed E-state index contributed by atoms with van der Waals surface area (Å²) in [5, 5.41) is 4.02. The number of amides is 2. The zero-order valence-corrected chi connectivity index (χ0v) is 20.3. The molecular formula is C25H25N3O4S2. The van der Waals surface area contributed by atoms with E-state index in [2.05, 4.69) is 9.88 Å². The van der Waals surface area contributed by atoms with Crippen molar-refractivity contribution in [2.24, 2.45) is 5.92 Å². The number of hydrogen-bond donors (Lipinski definition) is 1. The molecule has 1 aromatic carbocycles. The first kappa shape index (κ1) is 21.6. The van der Waals surface area contributed by atoms with Gasteiger partial charge in [-0.3, -0.25) is 9.59 Å². The number of benzene rings is 1.